The van der Waals surface area contributed by atoms with Crippen molar-refractivity contribution in [3.8, 4) is 16.7 Å². The van der Waals surface area contributed by atoms with Gasteiger partial charge < -0.3 is 24.1 Å². The summed E-state index contributed by atoms with van der Waals surface area (Å²) in [6.45, 7) is 1.32. The molecule has 202 valence electrons. The first-order valence-electron chi connectivity index (χ1n) is 11.1. The predicted octanol–water partition coefficient (Wildman–Crippen LogP) is 5.13. The van der Waals surface area contributed by atoms with Crippen molar-refractivity contribution in [2.45, 2.75) is 32.3 Å². The number of nitrogens with zero attached hydrogens (tertiary/aromatic N) is 1. The van der Waals surface area contributed by atoms with Gasteiger partial charge in [-0.05, 0) is 25.0 Å². The summed E-state index contributed by atoms with van der Waals surface area (Å²) in [4.78, 5) is 40.5. The number of aliphatic hydroxyl groups is 1. The Morgan fingerprint density at radius 3 is 2.66 bits per heavy atom. The molecular formula is C25H22ClF2NO8S. The van der Waals surface area contributed by atoms with Crippen molar-refractivity contribution in [1.82, 2.24) is 4.98 Å². The Morgan fingerprint density at radius 2 is 2.00 bits per heavy atom. The first-order chi connectivity index (χ1) is 18.0. The number of hydrogen-bond donors (Lipinski definition) is 2. The molecule has 1 aromatic carbocycles. The van der Waals surface area contributed by atoms with Gasteiger partial charge in [0.1, 0.15) is 34.1 Å². The molecule has 0 fully saturated rings. The van der Waals surface area contributed by atoms with Crippen molar-refractivity contribution >= 4 is 34.7 Å². The lowest BCUT2D eigenvalue weighted by Gasteiger charge is -2.16. The number of benzene rings is 1. The topological polar surface area (TPSA) is 136 Å². The number of aromatic nitrogens is 1. The highest BCUT2D eigenvalue weighted by Crippen LogP contribution is 2.39. The van der Waals surface area contributed by atoms with Crippen LogP contribution < -0.4 is 10.4 Å². The summed E-state index contributed by atoms with van der Waals surface area (Å²) in [5.74, 6) is -5.40. The van der Waals surface area contributed by atoms with Crippen LogP contribution in [0.15, 0.2) is 45.6 Å². The number of methoxy groups -OCH3 is 1. The number of ketones is 1. The maximum Gasteiger partial charge on any atom is 0.350 e. The van der Waals surface area contributed by atoms with Crippen LogP contribution in [-0.2, 0) is 16.0 Å². The largest absolute Gasteiger partial charge is 0.507 e. The number of Topliss-reactive ketones (excluding diaryl/α,β-unsaturated/α-hetero) is 1. The highest BCUT2D eigenvalue weighted by atomic mass is 35.5. The van der Waals surface area contributed by atoms with Crippen LogP contribution in [0, 0.1) is 17.6 Å². The van der Waals surface area contributed by atoms with E-state index >= 15 is 0 Å². The van der Waals surface area contributed by atoms with Gasteiger partial charge in [-0.1, -0.05) is 35.9 Å². The molecule has 2 unspecified atom stereocenters. The van der Waals surface area contributed by atoms with Gasteiger partial charge in [0.15, 0.2) is 17.4 Å². The molecular weight excluding hydrogens is 548 g/mol. The van der Waals surface area contributed by atoms with E-state index in [-0.39, 0.29) is 33.2 Å². The van der Waals surface area contributed by atoms with Crippen molar-refractivity contribution < 1.29 is 42.5 Å². The zero-order chi connectivity index (χ0) is 28.0. The summed E-state index contributed by atoms with van der Waals surface area (Å²) >= 11 is 6.85. The van der Waals surface area contributed by atoms with E-state index in [1.54, 1.807) is 6.08 Å². The van der Waals surface area contributed by atoms with E-state index in [1.807, 2.05) is 0 Å². The molecule has 38 heavy (non-hydrogen) atoms. The third kappa shape index (κ3) is 7.03. The summed E-state index contributed by atoms with van der Waals surface area (Å²) in [6, 6.07) is 3.98. The van der Waals surface area contributed by atoms with Gasteiger partial charge in [-0.2, -0.15) is 4.98 Å². The number of rotatable bonds is 11. The maximum absolute atomic E-state index is 13.4. The van der Waals surface area contributed by atoms with Crippen LogP contribution in [0.5, 0.6) is 16.7 Å². The molecule has 0 bridgehead atoms. The summed E-state index contributed by atoms with van der Waals surface area (Å²) < 4.78 is 41.5. The molecule has 0 saturated carbocycles. The zero-order valence-corrected chi connectivity index (χ0v) is 21.6. The minimum atomic E-state index is -1.55. The third-order valence-electron chi connectivity index (χ3n) is 5.32. The lowest BCUT2D eigenvalue weighted by Crippen LogP contribution is -2.25. The molecule has 0 spiro atoms. The summed E-state index contributed by atoms with van der Waals surface area (Å²) in [5, 5.41) is 20.8. The molecule has 3 aromatic rings. The van der Waals surface area contributed by atoms with Crippen LogP contribution in [0.3, 0.4) is 0 Å². The number of ether oxygens (including phenoxy) is 2. The first-order valence-corrected chi connectivity index (χ1v) is 12.3. The number of esters is 1. The number of thiazole rings is 1. The summed E-state index contributed by atoms with van der Waals surface area (Å²) in [7, 11) is 1.25. The number of unbranched alkanes of at least 4 members (excludes halogenated alkanes) is 1. The molecule has 2 heterocycles. The smallest absolute Gasteiger partial charge is 0.350 e. The molecule has 9 nitrogen and oxygen atoms in total. The van der Waals surface area contributed by atoms with E-state index in [0.717, 1.165) is 29.5 Å². The van der Waals surface area contributed by atoms with Crippen LogP contribution >= 0.6 is 22.9 Å². The second kappa shape index (κ2) is 12.8. The molecule has 0 amide bonds. The average molecular weight is 570 g/mol. The molecule has 2 aromatic heterocycles. The Bertz CT molecular complexity index is 1420. The van der Waals surface area contributed by atoms with Gasteiger partial charge >= 0.3 is 11.6 Å². The highest BCUT2D eigenvalue weighted by molar-refractivity contribution is 7.14. The quantitative estimate of drug-likeness (QED) is 0.139. The fraction of sp³-hybridized carbons (Fsp3) is 0.280. The van der Waals surface area contributed by atoms with Crippen molar-refractivity contribution in [3.05, 3.63) is 79.8 Å². The van der Waals surface area contributed by atoms with Crippen LogP contribution in [0.25, 0.3) is 0 Å². The van der Waals surface area contributed by atoms with Gasteiger partial charge in [-0.25, -0.2) is 18.4 Å². The van der Waals surface area contributed by atoms with Crippen molar-refractivity contribution in [1.29, 1.82) is 0 Å². The summed E-state index contributed by atoms with van der Waals surface area (Å²) in [5.41, 5.74) is -1.71. The number of carbonyl (C=O) groups is 2. The highest BCUT2D eigenvalue weighted by Gasteiger charge is 2.32. The Balaban J connectivity index is 1.70. The minimum Gasteiger partial charge on any atom is -0.507 e. The number of aromatic hydroxyl groups is 1. The molecule has 2 atom stereocenters. The molecule has 0 aliphatic carbocycles. The molecule has 0 aliphatic rings. The van der Waals surface area contributed by atoms with Crippen LogP contribution in [0.1, 0.15) is 46.9 Å². The molecule has 2 N–H and O–H groups in total. The molecule has 0 radical (unpaired) electrons. The van der Waals surface area contributed by atoms with Crippen LogP contribution in [-0.4, -0.2) is 34.1 Å². The van der Waals surface area contributed by atoms with Gasteiger partial charge in [0.25, 0.3) is 5.19 Å². The number of aliphatic hydroxyl groups excluding tert-OH is 1. The fourth-order valence-corrected chi connectivity index (χ4v) is 4.55. The second-order valence-electron chi connectivity index (χ2n) is 7.99. The fourth-order valence-electron chi connectivity index (χ4n) is 3.28. The predicted molar refractivity (Wildman–Crippen MR) is 133 cm³/mol. The Morgan fingerprint density at radius 1 is 1.26 bits per heavy atom. The number of hydrogen-bond acceptors (Lipinski definition) is 10. The number of aryl methyl sites for hydroxylation is 1. The van der Waals surface area contributed by atoms with E-state index in [0.29, 0.717) is 12.8 Å². The normalized spacial score (nSPS) is 12.9. The number of allylic oxidation sites excluding steroid dienone is 1. The lowest BCUT2D eigenvalue weighted by molar-refractivity contribution is -0.134. The van der Waals surface area contributed by atoms with Crippen molar-refractivity contribution in [3.63, 3.8) is 0 Å². The molecule has 13 heteroatoms. The third-order valence-corrected chi connectivity index (χ3v) is 6.72. The van der Waals surface area contributed by atoms with Crippen LogP contribution in [0.2, 0.25) is 5.15 Å². The van der Waals surface area contributed by atoms with Crippen molar-refractivity contribution in [2.75, 3.05) is 7.11 Å². The number of halogens is 3. The first kappa shape index (κ1) is 29.0. The SMILES string of the molecule is COC(=O)/C=C/CCCc1cc(O)c(C(=O)C(C)C(O)c2sc(Oc3ccc(F)c(F)c3)nc2Cl)c(=O)o1. The van der Waals surface area contributed by atoms with E-state index in [9.17, 15) is 33.4 Å². The minimum absolute atomic E-state index is 0.0191. The van der Waals surface area contributed by atoms with E-state index in [4.69, 9.17) is 20.8 Å². The average Bonchev–Trinajstić information content (AvgIpc) is 3.24. The lowest BCUT2D eigenvalue weighted by atomic mass is 9.94. The molecule has 3 rings (SSSR count). The standard InChI is InChI=1S/C25H22ClF2NO8S/c1-12(21(33)22-23(26)29-25(38-22)37-14-8-9-15(27)16(28)10-14)20(32)19-17(30)11-13(36-24(19)34)6-4-3-5-7-18(31)35-2/h5,7-12,21,30,33H,3-4,6H2,1-2H3/b7-5+. The van der Waals surface area contributed by atoms with E-state index < -0.39 is 52.3 Å². The summed E-state index contributed by atoms with van der Waals surface area (Å²) in [6.07, 6.45) is 2.50. The van der Waals surface area contributed by atoms with E-state index in [2.05, 4.69) is 9.72 Å². The van der Waals surface area contributed by atoms with Gasteiger partial charge in [-0.15, -0.1) is 0 Å². The number of carbonyl (C=O) groups excluding carboxylic acids is 2. The maximum atomic E-state index is 13.4. The van der Waals surface area contributed by atoms with Gasteiger partial charge in [0, 0.05) is 24.6 Å². The van der Waals surface area contributed by atoms with Crippen LogP contribution in [0.4, 0.5) is 8.78 Å². The Kier molecular flexibility index (Phi) is 9.72. The second-order valence-corrected chi connectivity index (χ2v) is 9.34. The Hall–Kier alpha value is -3.61. The van der Waals surface area contributed by atoms with E-state index in [1.165, 1.54) is 26.2 Å². The Labute approximate surface area is 223 Å². The monoisotopic (exact) mass is 569 g/mol. The molecule has 0 saturated heterocycles. The van der Waals surface area contributed by atoms with Gasteiger partial charge in [0.05, 0.1) is 17.9 Å². The zero-order valence-electron chi connectivity index (χ0n) is 20.1. The molecule has 0 aliphatic heterocycles. The van der Waals surface area contributed by atoms with Crippen molar-refractivity contribution in [2.24, 2.45) is 5.92 Å². The van der Waals surface area contributed by atoms with Gasteiger partial charge in [-0.3, -0.25) is 4.79 Å². The van der Waals surface area contributed by atoms with Gasteiger partial charge in [0.2, 0.25) is 0 Å².